The van der Waals surface area contributed by atoms with Crippen LogP contribution in [0.25, 0.3) is 0 Å². The summed E-state index contributed by atoms with van der Waals surface area (Å²) in [6.07, 6.45) is 0. The van der Waals surface area contributed by atoms with Crippen LogP contribution < -0.4 is 0 Å². The Hall–Kier alpha value is -1.14. The van der Waals surface area contributed by atoms with Crippen LogP contribution in [-0.4, -0.2) is 51.7 Å². The second-order valence-corrected chi connectivity index (χ2v) is 7.24. The van der Waals surface area contributed by atoms with Gasteiger partial charge in [-0.25, -0.2) is 4.79 Å². The van der Waals surface area contributed by atoms with Crippen molar-refractivity contribution in [1.29, 1.82) is 0 Å². The first kappa shape index (κ1) is 16.2. The van der Waals surface area contributed by atoms with Crippen molar-refractivity contribution >= 4 is 35.4 Å². The van der Waals surface area contributed by atoms with Gasteiger partial charge in [-0.3, -0.25) is 4.79 Å². The average Bonchev–Trinajstić information content (AvgIpc) is 2.47. The van der Waals surface area contributed by atoms with Crippen LogP contribution in [-0.2, 0) is 9.59 Å². The molecule has 114 valence electrons. The van der Waals surface area contributed by atoms with Crippen molar-refractivity contribution in [1.82, 2.24) is 4.90 Å². The van der Waals surface area contributed by atoms with Crippen molar-refractivity contribution < 1.29 is 14.7 Å². The van der Waals surface area contributed by atoms with Crippen molar-refractivity contribution in [3.05, 3.63) is 29.3 Å². The van der Waals surface area contributed by atoms with Gasteiger partial charge < -0.3 is 10.0 Å². The Morgan fingerprint density at radius 1 is 1.43 bits per heavy atom. The van der Waals surface area contributed by atoms with Crippen LogP contribution in [0.15, 0.2) is 23.1 Å². The molecule has 6 heteroatoms. The summed E-state index contributed by atoms with van der Waals surface area (Å²) in [5.41, 5.74) is 2.30. The minimum atomic E-state index is -0.910. The molecule has 0 radical (unpaired) electrons. The van der Waals surface area contributed by atoms with Gasteiger partial charge in [-0.15, -0.1) is 11.8 Å². The van der Waals surface area contributed by atoms with Crippen LogP contribution in [0, 0.1) is 13.8 Å². The van der Waals surface area contributed by atoms with Gasteiger partial charge in [-0.2, -0.15) is 11.8 Å². The summed E-state index contributed by atoms with van der Waals surface area (Å²) in [7, 11) is 0. The number of aryl methyl sites for hydroxylation is 2. The van der Waals surface area contributed by atoms with E-state index in [-0.39, 0.29) is 5.91 Å². The molecule has 1 aliphatic heterocycles. The number of carbonyl (C=O) groups is 2. The third-order valence-corrected chi connectivity index (χ3v) is 5.59. The van der Waals surface area contributed by atoms with E-state index < -0.39 is 12.0 Å². The van der Waals surface area contributed by atoms with Crippen molar-refractivity contribution in [3.8, 4) is 0 Å². The molecule has 2 rings (SSSR count). The van der Waals surface area contributed by atoms with Gasteiger partial charge in [0.25, 0.3) is 0 Å². The predicted molar refractivity (Wildman–Crippen MR) is 87.1 cm³/mol. The molecule has 0 saturated carbocycles. The van der Waals surface area contributed by atoms with Crippen LogP contribution in [0.4, 0.5) is 0 Å². The zero-order chi connectivity index (χ0) is 15.4. The van der Waals surface area contributed by atoms with Gasteiger partial charge >= 0.3 is 5.97 Å². The molecule has 1 aromatic carbocycles. The van der Waals surface area contributed by atoms with Crippen LogP contribution in [0.1, 0.15) is 11.1 Å². The molecule has 4 nitrogen and oxygen atoms in total. The first-order valence-electron chi connectivity index (χ1n) is 6.79. The maximum atomic E-state index is 12.3. The first-order valence-corrected chi connectivity index (χ1v) is 8.93. The molecule has 1 heterocycles. The maximum Gasteiger partial charge on any atom is 0.327 e. The topological polar surface area (TPSA) is 57.6 Å². The summed E-state index contributed by atoms with van der Waals surface area (Å²) < 4.78 is 0. The fourth-order valence-corrected chi connectivity index (χ4v) is 4.24. The number of carboxylic acids is 1. The molecule has 1 N–H and O–H groups in total. The van der Waals surface area contributed by atoms with Gasteiger partial charge in [0, 0.05) is 22.9 Å². The summed E-state index contributed by atoms with van der Waals surface area (Å²) in [6.45, 7) is 4.56. The van der Waals surface area contributed by atoms with Gasteiger partial charge in [0.15, 0.2) is 0 Å². The van der Waals surface area contributed by atoms with Gasteiger partial charge in [0.05, 0.1) is 5.75 Å². The third-order valence-electron chi connectivity index (χ3n) is 3.43. The molecule has 0 bridgehead atoms. The lowest BCUT2D eigenvalue weighted by molar-refractivity contribution is -0.148. The van der Waals surface area contributed by atoms with Crippen molar-refractivity contribution in [3.63, 3.8) is 0 Å². The molecule has 0 aromatic heterocycles. The maximum absolute atomic E-state index is 12.3. The fourth-order valence-electron chi connectivity index (χ4n) is 2.19. The summed E-state index contributed by atoms with van der Waals surface area (Å²) in [5, 5.41) is 9.21. The Morgan fingerprint density at radius 3 is 2.90 bits per heavy atom. The fraction of sp³-hybridized carbons (Fsp3) is 0.467. The van der Waals surface area contributed by atoms with E-state index in [0.717, 1.165) is 21.8 Å². The molecule has 1 amide bonds. The quantitative estimate of drug-likeness (QED) is 0.862. The molecular formula is C15H19NO3S2. The third kappa shape index (κ3) is 4.17. The Morgan fingerprint density at radius 2 is 2.19 bits per heavy atom. The molecule has 1 aromatic rings. The highest BCUT2D eigenvalue weighted by molar-refractivity contribution is 8.00. The number of benzene rings is 1. The second kappa shape index (κ2) is 7.22. The number of nitrogens with zero attached hydrogens (tertiary/aromatic N) is 1. The summed E-state index contributed by atoms with van der Waals surface area (Å²) >= 11 is 3.08. The van der Waals surface area contributed by atoms with E-state index in [0.29, 0.717) is 18.1 Å². The van der Waals surface area contributed by atoms with Crippen molar-refractivity contribution in [2.24, 2.45) is 0 Å². The van der Waals surface area contributed by atoms with E-state index in [1.54, 1.807) is 11.8 Å². The molecule has 0 spiro atoms. The minimum Gasteiger partial charge on any atom is -0.480 e. The monoisotopic (exact) mass is 325 g/mol. The van der Waals surface area contributed by atoms with Crippen molar-refractivity contribution in [2.45, 2.75) is 24.8 Å². The van der Waals surface area contributed by atoms with Crippen LogP contribution in [0.5, 0.6) is 0 Å². The van der Waals surface area contributed by atoms with E-state index in [4.69, 9.17) is 0 Å². The number of carbonyl (C=O) groups excluding carboxylic acids is 1. The Kier molecular flexibility index (Phi) is 5.58. The molecule has 1 aliphatic rings. The number of hydrogen-bond donors (Lipinski definition) is 1. The van der Waals surface area contributed by atoms with E-state index in [1.807, 2.05) is 26.0 Å². The lowest BCUT2D eigenvalue weighted by Gasteiger charge is -2.32. The van der Waals surface area contributed by atoms with Crippen LogP contribution in [0.2, 0.25) is 0 Å². The molecule has 1 saturated heterocycles. The van der Waals surface area contributed by atoms with Crippen LogP contribution >= 0.6 is 23.5 Å². The lowest BCUT2D eigenvalue weighted by atomic mass is 10.2. The highest BCUT2D eigenvalue weighted by atomic mass is 32.2. The van der Waals surface area contributed by atoms with Gasteiger partial charge in [0.2, 0.25) is 5.91 Å². The SMILES string of the molecule is Cc1ccc(C)c(SCC(=O)N2CCSCC2C(=O)O)c1. The summed E-state index contributed by atoms with van der Waals surface area (Å²) in [5.74, 6) is 0.582. The predicted octanol–water partition coefficient (Wildman–Crippen LogP) is 2.42. The normalized spacial score (nSPS) is 18.6. The molecule has 1 atom stereocenters. The number of thioether (sulfide) groups is 2. The van der Waals surface area contributed by atoms with Gasteiger partial charge in [-0.1, -0.05) is 17.7 Å². The molecule has 1 fully saturated rings. The largest absolute Gasteiger partial charge is 0.480 e. The molecule has 0 aliphatic carbocycles. The Labute approximate surface area is 133 Å². The van der Waals surface area contributed by atoms with E-state index >= 15 is 0 Å². The van der Waals surface area contributed by atoms with Crippen molar-refractivity contribution in [2.75, 3.05) is 23.8 Å². The smallest absolute Gasteiger partial charge is 0.327 e. The van der Waals surface area contributed by atoms with E-state index in [2.05, 4.69) is 6.07 Å². The number of hydrogen-bond acceptors (Lipinski definition) is 4. The summed E-state index contributed by atoms with van der Waals surface area (Å²) in [6, 6.07) is 5.47. The lowest BCUT2D eigenvalue weighted by Crippen LogP contribution is -2.50. The zero-order valence-electron chi connectivity index (χ0n) is 12.2. The standard InChI is InChI=1S/C15H19NO3S2/c1-10-3-4-11(2)13(7-10)21-9-14(17)16-5-6-20-8-12(16)15(18)19/h3-4,7,12H,5-6,8-9H2,1-2H3,(H,18,19). The minimum absolute atomic E-state index is 0.0893. The molecular weight excluding hydrogens is 306 g/mol. The first-order chi connectivity index (χ1) is 9.99. The average molecular weight is 325 g/mol. The number of carboxylic acid groups (broad SMARTS) is 1. The Balaban J connectivity index is 2.00. The second-order valence-electron chi connectivity index (χ2n) is 5.07. The Bertz CT molecular complexity index is 548. The summed E-state index contributed by atoms with van der Waals surface area (Å²) in [4.78, 5) is 26.1. The van der Waals surface area contributed by atoms with Gasteiger partial charge in [0.1, 0.15) is 6.04 Å². The number of rotatable bonds is 4. The number of aliphatic carboxylic acids is 1. The molecule has 1 unspecified atom stereocenters. The number of amides is 1. The highest BCUT2D eigenvalue weighted by Crippen LogP contribution is 2.25. The van der Waals surface area contributed by atoms with E-state index in [1.165, 1.54) is 16.7 Å². The van der Waals surface area contributed by atoms with E-state index in [9.17, 15) is 14.7 Å². The van der Waals surface area contributed by atoms with Gasteiger partial charge in [-0.05, 0) is 25.5 Å². The molecule has 21 heavy (non-hydrogen) atoms. The zero-order valence-corrected chi connectivity index (χ0v) is 13.8. The van der Waals surface area contributed by atoms with Crippen LogP contribution in [0.3, 0.4) is 0 Å². The highest BCUT2D eigenvalue weighted by Gasteiger charge is 2.32.